The Balaban J connectivity index is 1.96. The largest absolute Gasteiger partial charge is 0.465 e. The number of halogens is 3. The number of esters is 1. The average Bonchev–Trinajstić information content (AvgIpc) is 2.96. The zero-order chi connectivity index (χ0) is 13.2. The minimum atomic E-state index is -4.57. The number of carbonyl (C=O) groups excluding carboxylic acids is 1. The van der Waals surface area contributed by atoms with Gasteiger partial charge >= 0.3 is 12.1 Å². The molecule has 2 saturated heterocycles. The Morgan fingerprint density at radius 2 is 2.28 bits per heavy atom. The number of alkyl halides is 3. The van der Waals surface area contributed by atoms with Crippen molar-refractivity contribution in [3.8, 4) is 0 Å². The van der Waals surface area contributed by atoms with Crippen LogP contribution in [0.3, 0.4) is 0 Å². The predicted octanol–water partition coefficient (Wildman–Crippen LogP) is 1.11. The van der Waals surface area contributed by atoms with E-state index in [0.29, 0.717) is 13.2 Å². The van der Waals surface area contributed by atoms with Crippen LogP contribution < -0.4 is 5.32 Å². The summed E-state index contributed by atoms with van der Waals surface area (Å²) < 4.78 is 48.9. The van der Waals surface area contributed by atoms with E-state index in [0.717, 1.165) is 6.42 Å². The van der Waals surface area contributed by atoms with Crippen molar-refractivity contribution in [2.75, 3.05) is 32.9 Å². The molecule has 0 aliphatic carbocycles. The monoisotopic (exact) mass is 267 g/mol. The number of nitrogens with one attached hydrogen (secondary N) is 1. The van der Waals surface area contributed by atoms with Gasteiger partial charge in [-0.1, -0.05) is 0 Å². The molecule has 0 spiro atoms. The summed E-state index contributed by atoms with van der Waals surface area (Å²) in [5.74, 6) is -1.14. The molecule has 0 saturated carbocycles. The number of rotatable bonds is 3. The lowest BCUT2D eigenvalue weighted by molar-refractivity contribution is -0.229. The number of hydrogen-bond donors (Lipinski definition) is 1. The summed E-state index contributed by atoms with van der Waals surface area (Å²) in [7, 11) is 0. The Hall–Kier alpha value is -0.820. The molecule has 2 fully saturated rings. The molecule has 2 aliphatic heterocycles. The predicted molar refractivity (Wildman–Crippen MR) is 55.9 cm³/mol. The van der Waals surface area contributed by atoms with Crippen molar-refractivity contribution in [2.45, 2.75) is 19.0 Å². The van der Waals surface area contributed by atoms with E-state index in [1.807, 2.05) is 0 Å². The van der Waals surface area contributed by atoms with Crippen molar-refractivity contribution in [3.63, 3.8) is 0 Å². The van der Waals surface area contributed by atoms with Crippen LogP contribution in [0.15, 0.2) is 0 Å². The minimum absolute atomic E-state index is 0.0106. The SMILES string of the molecule is O=C(OCC1CCOC1)C1(C(F)(F)F)CCNC1. The van der Waals surface area contributed by atoms with Crippen LogP contribution >= 0.6 is 0 Å². The van der Waals surface area contributed by atoms with Gasteiger partial charge in [0.25, 0.3) is 0 Å². The molecule has 2 rings (SSSR count). The van der Waals surface area contributed by atoms with Crippen LogP contribution in [-0.2, 0) is 14.3 Å². The Morgan fingerprint density at radius 3 is 2.78 bits per heavy atom. The molecule has 0 aromatic rings. The maximum Gasteiger partial charge on any atom is 0.406 e. The van der Waals surface area contributed by atoms with Crippen LogP contribution in [0, 0.1) is 11.3 Å². The van der Waals surface area contributed by atoms with Crippen LogP contribution in [0.25, 0.3) is 0 Å². The Kier molecular flexibility index (Phi) is 3.82. The van der Waals surface area contributed by atoms with E-state index in [1.54, 1.807) is 0 Å². The summed E-state index contributed by atoms with van der Waals surface area (Å²) in [6.07, 6.45) is -4.10. The maximum absolute atomic E-state index is 13.0. The van der Waals surface area contributed by atoms with E-state index in [2.05, 4.69) is 5.32 Å². The van der Waals surface area contributed by atoms with Gasteiger partial charge in [-0.05, 0) is 19.4 Å². The highest BCUT2D eigenvalue weighted by Crippen LogP contribution is 2.44. The molecular formula is C11H16F3NO3. The molecule has 104 valence electrons. The number of carbonyl (C=O) groups is 1. The second-order valence-corrected chi connectivity index (χ2v) is 4.83. The van der Waals surface area contributed by atoms with Crippen LogP contribution in [-0.4, -0.2) is 45.1 Å². The van der Waals surface area contributed by atoms with Gasteiger partial charge < -0.3 is 14.8 Å². The smallest absolute Gasteiger partial charge is 0.406 e. The molecule has 0 radical (unpaired) electrons. The lowest BCUT2D eigenvalue weighted by Gasteiger charge is -2.28. The van der Waals surface area contributed by atoms with Crippen molar-refractivity contribution < 1.29 is 27.4 Å². The second-order valence-electron chi connectivity index (χ2n) is 4.83. The summed E-state index contributed by atoms with van der Waals surface area (Å²) in [6.45, 7) is 0.826. The fourth-order valence-corrected chi connectivity index (χ4v) is 2.27. The van der Waals surface area contributed by atoms with Crippen molar-refractivity contribution in [1.29, 1.82) is 0 Å². The summed E-state index contributed by atoms with van der Waals surface area (Å²) >= 11 is 0. The fourth-order valence-electron chi connectivity index (χ4n) is 2.27. The van der Waals surface area contributed by atoms with Crippen molar-refractivity contribution in [1.82, 2.24) is 5.32 Å². The molecule has 0 bridgehead atoms. The van der Waals surface area contributed by atoms with E-state index < -0.39 is 24.1 Å². The van der Waals surface area contributed by atoms with Gasteiger partial charge in [-0.3, -0.25) is 4.79 Å². The Morgan fingerprint density at radius 1 is 1.50 bits per heavy atom. The third-order valence-electron chi connectivity index (χ3n) is 3.56. The van der Waals surface area contributed by atoms with E-state index >= 15 is 0 Å². The van der Waals surface area contributed by atoms with Gasteiger partial charge in [0.1, 0.15) is 0 Å². The summed E-state index contributed by atoms with van der Waals surface area (Å²) in [5.41, 5.74) is -2.37. The first-order valence-corrected chi connectivity index (χ1v) is 5.98. The number of ether oxygens (including phenoxy) is 2. The van der Waals surface area contributed by atoms with Gasteiger partial charge in [0.15, 0.2) is 5.41 Å². The first-order chi connectivity index (χ1) is 8.46. The average molecular weight is 267 g/mol. The third kappa shape index (κ3) is 2.47. The Labute approximate surface area is 103 Å². The molecule has 2 atom stereocenters. The first kappa shape index (κ1) is 13.6. The molecule has 18 heavy (non-hydrogen) atoms. The van der Waals surface area contributed by atoms with E-state index in [-0.39, 0.29) is 25.5 Å². The topological polar surface area (TPSA) is 47.6 Å². The lowest BCUT2D eigenvalue weighted by Crippen LogP contribution is -2.48. The molecule has 4 nitrogen and oxygen atoms in total. The normalized spacial score (nSPS) is 32.7. The van der Waals surface area contributed by atoms with Gasteiger partial charge in [0, 0.05) is 19.1 Å². The molecule has 7 heteroatoms. The zero-order valence-corrected chi connectivity index (χ0v) is 9.89. The summed E-state index contributed by atoms with van der Waals surface area (Å²) in [4.78, 5) is 11.7. The first-order valence-electron chi connectivity index (χ1n) is 5.98. The van der Waals surface area contributed by atoms with Crippen LogP contribution in [0.1, 0.15) is 12.8 Å². The fraction of sp³-hybridized carbons (Fsp3) is 0.909. The standard InChI is InChI=1S/C11H16F3NO3/c12-11(13,14)10(2-3-15-7-10)9(16)18-6-8-1-4-17-5-8/h8,15H,1-7H2. The number of hydrogen-bond acceptors (Lipinski definition) is 4. The highest BCUT2D eigenvalue weighted by atomic mass is 19.4. The van der Waals surface area contributed by atoms with Gasteiger partial charge in [0.05, 0.1) is 13.2 Å². The third-order valence-corrected chi connectivity index (χ3v) is 3.56. The van der Waals surface area contributed by atoms with E-state index in [4.69, 9.17) is 9.47 Å². The molecule has 0 aromatic heterocycles. The second kappa shape index (κ2) is 5.05. The quantitative estimate of drug-likeness (QED) is 0.778. The molecule has 2 unspecified atom stereocenters. The van der Waals surface area contributed by atoms with Gasteiger partial charge in [-0.25, -0.2) is 0 Å². The van der Waals surface area contributed by atoms with E-state index in [9.17, 15) is 18.0 Å². The highest BCUT2D eigenvalue weighted by molar-refractivity contribution is 5.78. The van der Waals surface area contributed by atoms with E-state index in [1.165, 1.54) is 0 Å². The van der Waals surface area contributed by atoms with Crippen molar-refractivity contribution >= 4 is 5.97 Å². The molecule has 2 heterocycles. The van der Waals surface area contributed by atoms with Crippen LogP contribution in [0.2, 0.25) is 0 Å². The zero-order valence-electron chi connectivity index (χ0n) is 9.89. The van der Waals surface area contributed by atoms with Gasteiger partial charge in [-0.15, -0.1) is 0 Å². The minimum Gasteiger partial charge on any atom is -0.465 e. The van der Waals surface area contributed by atoms with Gasteiger partial charge in [-0.2, -0.15) is 13.2 Å². The van der Waals surface area contributed by atoms with Crippen LogP contribution in [0.4, 0.5) is 13.2 Å². The lowest BCUT2D eigenvalue weighted by atomic mass is 9.86. The van der Waals surface area contributed by atoms with Gasteiger partial charge in [0.2, 0.25) is 0 Å². The summed E-state index contributed by atoms with van der Waals surface area (Å²) in [6, 6.07) is 0. The maximum atomic E-state index is 13.0. The van der Waals surface area contributed by atoms with Crippen molar-refractivity contribution in [3.05, 3.63) is 0 Å². The van der Waals surface area contributed by atoms with Crippen LogP contribution in [0.5, 0.6) is 0 Å². The highest BCUT2D eigenvalue weighted by Gasteiger charge is 2.62. The Bertz CT molecular complexity index is 307. The molecule has 0 amide bonds. The molecule has 0 aromatic carbocycles. The summed E-state index contributed by atoms with van der Waals surface area (Å²) in [5, 5.41) is 2.58. The van der Waals surface area contributed by atoms with Crippen molar-refractivity contribution in [2.24, 2.45) is 11.3 Å². The molecule has 1 N–H and O–H groups in total. The molecule has 2 aliphatic rings. The molecular weight excluding hydrogens is 251 g/mol.